The summed E-state index contributed by atoms with van der Waals surface area (Å²) in [5.41, 5.74) is 65.4. The molecular weight excluding hydrogens is 1630 g/mol. The molecule has 0 fully saturated rings. The third kappa shape index (κ3) is 18.8. The van der Waals surface area contributed by atoms with Crippen LogP contribution in [0.5, 0.6) is 0 Å². The molecule has 0 saturated heterocycles. The number of benzene rings is 15. The monoisotopic (exact) mass is 1790 g/mol. The second kappa shape index (κ2) is 49.8. The molecule has 6 aliphatic heterocycles. The summed E-state index contributed by atoms with van der Waals surface area (Å²) in [5, 5.41) is 0. The van der Waals surface area contributed by atoms with Crippen LogP contribution in [-0.4, -0.2) is 0 Å². The van der Waals surface area contributed by atoms with Crippen LogP contribution in [0.15, 0.2) is 273 Å². The zero-order chi connectivity index (χ0) is 98.0. The Morgan fingerprint density at radius 3 is 0.756 bits per heavy atom. The molecule has 15 aromatic rings. The average Bonchev–Trinajstić information content (AvgIpc) is 1.64. The number of nitrogens with zero attached hydrogens (tertiary/aromatic N) is 3. The van der Waals surface area contributed by atoms with Gasteiger partial charge in [0.1, 0.15) is 0 Å². The van der Waals surface area contributed by atoms with Crippen LogP contribution >= 0.6 is 0 Å². The van der Waals surface area contributed by atoms with Gasteiger partial charge in [-0.05, 0) is 287 Å². The van der Waals surface area contributed by atoms with Crippen LogP contribution in [0.1, 0.15) is 341 Å². The topological polar surface area (TPSA) is 9.72 Å². The van der Waals surface area contributed by atoms with Gasteiger partial charge in [-0.3, -0.25) is 0 Å². The fourth-order valence-corrected chi connectivity index (χ4v) is 21.9. The Bertz CT molecular complexity index is 6380. The van der Waals surface area contributed by atoms with E-state index in [1.54, 1.807) is 11.1 Å². The molecule has 0 unspecified atom stereocenters. The number of hydrogen-bond donors (Lipinski definition) is 0. The van der Waals surface area contributed by atoms with E-state index in [4.69, 9.17) is 0 Å². The largest absolute Gasteiger partial charge is 0.309 e. The second-order valence-electron chi connectivity index (χ2n) is 31.5. The van der Waals surface area contributed by atoms with Crippen molar-refractivity contribution in [3.63, 3.8) is 0 Å². The Morgan fingerprint density at radius 1 is 0.126 bits per heavy atom. The lowest BCUT2D eigenvalue weighted by molar-refractivity contribution is 1.01. The summed E-state index contributed by atoms with van der Waals surface area (Å²) in [6.45, 7) is 60.0. The van der Waals surface area contributed by atoms with Crippen LogP contribution in [0.2, 0.25) is 0 Å². The molecule has 15 aromatic carbocycles. The number of anilines is 9. The first-order valence-electron chi connectivity index (χ1n) is 53.2. The summed E-state index contributed by atoms with van der Waals surface area (Å²) >= 11 is 0. The van der Waals surface area contributed by atoms with Crippen molar-refractivity contribution in [1.82, 2.24) is 0 Å². The molecule has 702 valence electrons. The minimum absolute atomic E-state index is 1.01. The van der Waals surface area contributed by atoms with Crippen molar-refractivity contribution in [2.24, 2.45) is 0 Å². The maximum atomic E-state index is 2.56. The van der Waals surface area contributed by atoms with Gasteiger partial charge < -0.3 is 14.7 Å². The van der Waals surface area contributed by atoms with Crippen molar-refractivity contribution in [3.8, 4) is 66.8 Å². The maximum Gasteiger partial charge on any atom is 0.0532 e. The van der Waals surface area contributed by atoms with Crippen LogP contribution in [0.4, 0.5) is 51.2 Å². The molecular formula is C132H159N3. The van der Waals surface area contributed by atoms with E-state index >= 15 is 0 Å². The summed E-state index contributed by atoms with van der Waals surface area (Å²) < 4.78 is 0. The summed E-state index contributed by atoms with van der Waals surface area (Å²) in [5.74, 6) is 0. The van der Waals surface area contributed by atoms with Crippen molar-refractivity contribution < 1.29 is 0 Å². The Morgan fingerprint density at radius 2 is 0.348 bits per heavy atom. The summed E-state index contributed by atoms with van der Waals surface area (Å²) in [7, 11) is 0. The smallest absolute Gasteiger partial charge is 0.0532 e. The summed E-state index contributed by atoms with van der Waals surface area (Å²) in [6, 6.07) is 104. The lowest BCUT2D eigenvalue weighted by atomic mass is 9.83. The summed E-state index contributed by atoms with van der Waals surface area (Å²) in [4.78, 5) is 7.68. The number of para-hydroxylation sites is 6. The normalized spacial score (nSPS) is 12.3. The van der Waals surface area contributed by atoms with Crippen LogP contribution in [0.25, 0.3) is 66.8 Å². The first-order chi connectivity index (χ1) is 67.0. The molecule has 12 aliphatic rings. The third-order valence-electron chi connectivity index (χ3n) is 26.2. The van der Waals surface area contributed by atoms with E-state index in [-0.39, 0.29) is 0 Å². The van der Waals surface area contributed by atoms with Gasteiger partial charge in [0.15, 0.2) is 0 Å². The zero-order valence-electron chi connectivity index (χ0n) is 88.3. The van der Waals surface area contributed by atoms with E-state index in [2.05, 4.69) is 288 Å². The van der Waals surface area contributed by atoms with Crippen molar-refractivity contribution in [3.05, 3.63) is 407 Å². The lowest BCUT2D eigenvalue weighted by Gasteiger charge is -2.40. The first kappa shape index (κ1) is 105. The molecule has 6 heterocycles. The van der Waals surface area contributed by atoms with Gasteiger partial charge in [0, 0.05) is 55.6 Å². The fourth-order valence-electron chi connectivity index (χ4n) is 21.9. The highest BCUT2D eigenvalue weighted by molar-refractivity contribution is 6.01. The second-order valence-corrected chi connectivity index (χ2v) is 31.5. The van der Waals surface area contributed by atoms with E-state index in [0.717, 1.165) is 77.0 Å². The highest BCUT2D eigenvalue weighted by Crippen LogP contribution is 2.61. The van der Waals surface area contributed by atoms with Gasteiger partial charge in [0.05, 0.1) is 34.1 Å². The van der Waals surface area contributed by atoms with E-state index in [1.165, 1.54) is 240 Å². The summed E-state index contributed by atoms with van der Waals surface area (Å²) in [6.07, 6.45) is 12.4. The molecule has 0 saturated carbocycles. The van der Waals surface area contributed by atoms with Crippen LogP contribution in [-0.2, 0) is 77.0 Å². The molecule has 0 spiro atoms. The van der Waals surface area contributed by atoms with Crippen LogP contribution in [0.3, 0.4) is 0 Å². The average molecular weight is 1790 g/mol. The Balaban J connectivity index is 0.000000184. The SMILES string of the molecule is CC.CC.CC.CC.CC.CC.CC.CC.CC.CC.CC.CC.CC.CC.CC.c1ccc2c(c1)Cc1c-2ccc2c1Cc1ccc3c(c1-2)Cc1cccc2c1N3c1ccccc1C2.c1ccc2c(c1)Cc1cc3c(cc1-2)Cc1ccc2c(c1-3)Cc1cccc3c1N2c1ccccc1C3.c1ccc2c(c1)Cc1ccc3c(c1-2)Cc1ccc2c(c1-3)Cc1cccc3c1N2c1ccccc1C3. The minimum atomic E-state index is 1.01. The third-order valence-corrected chi connectivity index (χ3v) is 26.2. The molecule has 0 bridgehead atoms. The Hall–Kier alpha value is -12.3. The van der Waals surface area contributed by atoms with E-state index in [9.17, 15) is 0 Å². The predicted octanol–water partition coefficient (Wildman–Crippen LogP) is 39.7. The number of hydrogen-bond acceptors (Lipinski definition) is 3. The van der Waals surface area contributed by atoms with Gasteiger partial charge in [-0.2, -0.15) is 0 Å². The van der Waals surface area contributed by atoms with Gasteiger partial charge in [-0.15, -0.1) is 0 Å². The predicted molar refractivity (Wildman–Crippen MR) is 600 cm³/mol. The van der Waals surface area contributed by atoms with E-state index < -0.39 is 0 Å². The van der Waals surface area contributed by atoms with E-state index in [1.807, 2.05) is 208 Å². The standard InChI is InChI=1S/3C34H23N.15C2H6/c1-3-10-25-20(6-1)17-28-26(25)13-14-27-29(28)18-22-12-15-32-30(33(22)27)19-24-9-5-8-23-16-21-7-2-4-11-31(21)35(32)34(23)24;1-3-10-26-20(6-1)16-22-12-14-27-28(32(22)26)18-23-13-15-31-29(33(23)27)19-25-9-5-8-24-17-21-7-2-4-11-30(21)35(31)34(24)25;1-3-10-27-20(6-1)14-25-19-29-26(18-28(25)27)16-22-12-13-32-30(33(22)29)17-24-9-5-8-23-15-21-7-2-4-11-31(21)35(32)34(23)24;15*1-2/h2*1-15H,16-19H2;1-13,18-19H,14-17H2;15*1-2H3. The van der Waals surface area contributed by atoms with Crippen molar-refractivity contribution in [1.29, 1.82) is 0 Å². The van der Waals surface area contributed by atoms with Gasteiger partial charge in [-0.25, -0.2) is 0 Å². The molecule has 135 heavy (non-hydrogen) atoms. The molecule has 0 N–H and O–H groups in total. The molecule has 6 aliphatic carbocycles. The molecule has 27 rings (SSSR count). The fraction of sp³-hybridized carbons (Fsp3) is 0.318. The number of rotatable bonds is 0. The van der Waals surface area contributed by atoms with Gasteiger partial charge in [-0.1, -0.05) is 432 Å². The Labute approximate surface area is 818 Å². The van der Waals surface area contributed by atoms with E-state index in [0.29, 0.717) is 0 Å². The molecule has 0 atom stereocenters. The quantitative estimate of drug-likeness (QED) is 0.150. The van der Waals surface area contributed by atoms with Gasteiger partial charge >= 0.3 is 0 Å². The van der Waals surface area contributed by atoms with Gasteiger partial charge in [0.25, 0.3) is 0 Å². The minimum Gasteiger partial charge on any atom is -0.309 e. The van der Waals surface area contributed by atoms with Crippen LogP contribution in [0, 0.1) is 0 Å². The van der Waals surface area contributed by atoms with Gasteiger partial charge in [0.2, 0.25) is 0 Å². The number of fused-ring (bicyclic) bond motifs is 35. The van der Waals surface area contributed by atoms with Crippen LogP contribution < -0.4 is 14.7 Å². The highest BCUT2D eigenvalue weighted by Gasteiger charge is 2.41. The molecule has 3 nitrogen and oxygen atoms in total. The van der Waals surface area contributed by atoms with Crippen molar-refractivity contribution in [2.45, 2.75) is 285 Å². The lowest BCUT2D eigenvalue weighted by Crippen LogP contribution is -2.25. The zero-order valence-corrected chi connectivity index (χ0v) is 88.3. The molecule has 0 amide bonds. The first-order valence-corrected chi connectivity index (χ1v) is 53.2. The Kier molecular flexibility index (Phi) is 38.6. The van der Waals surface area contributed by atoms with Crippen molar-refractivity contribution in [2.75, 3.05) is 14.7 Å². The molecule has 3 heteroatoms. The maximum absolute atomic E-state index is 2.56. The molecule has 0 aromatic heterocycles. The highest BCUT2D eigenvalue weighted by atomic mass is 15.2. The van der Waals surface area contributed by atoms with Crippen molar-refractivity contribution >= 4 is 51.2 Å². The molecule has 0 radical (unpaired) electrons.